The molecule has 1 amide bonds. The molecule has 3 nitrogen and oxygen atoms in total. The Labute approximate surface area is 145 Å². The van der Waals surface area contributed by atoms with E-state index < -0.39 is 0 Å². The Bertz CT molecular complexity index is 508. The highest BCUT2D eigenvalue weighted by atomic mass is 79.9. The van der Waals surface area contributed by atoms with Crippen LogP contribution < -0.4 is 5.32 Å². The number of benzene rings is 1. The van der Waals surface area contributed by atoms with Gasteiger partial charge in [0.05, 0.1) is 0 Å². The quantitative estimate of drug-likeness (QED) is 0.863. The molecule has 1 heterocycles. The minimum atomic E-state index is 0.0464. The van der Waals surface area contributed by atoms with Crippen LogP contribution in [-0.2, 0) is 0 Å². The van der Waals surface area contributed by atoms with E-state index >= 15 is 0 Å². The number of nitrogens with one attached hydrogen (secondary N) is 1. The van der Waals surface area contributed by atoms with Crippen LogP contribution in [0.1, 0.15) is 36.0 Å². The lowest BCUT2D eigenvalue weighted by Gasteiger charge is -2.43. The van der Waals surface area contributed by atoms with Gasteiger partial charge in [0.25, 0.3) is 5.91 Å². The van der Waals surface area contributed by atoms with Gasteiger partial charge < -0.3 is 5.32 Å². The van der Waals surface area contributed by atoms with E-state index in [1.54, 1.807) is 0 Å². The van der Waals surface area contributed by atoms with E-state index in [1.165, 1.54) is 50.3 Å². The van der Waals surface area contributed by atoms with Crippen molar-refractivity contribution in [1.82, 2.24) is 10.2 Å². The summed E-state index contributed by atoms with van der Waals surface area (Å²) in [6.45, 7) is 3.12. The van der Waals surface area contributed by atoms with Crippen molar-refractivity contribution in [3.8, 4) is 0 Å². The third kappa shape index (κ3) is 3.69. The SMILES string of the molecule is O=C(NCC1(N2CCSCC2)CCCC1)c1ccc(Br)cc1. The number of halogens is 1. The van der Waals surface area contributed by atoms with Gasteiger partial charge in [-0.2, -0.15) is 11.8 Å². The summed E-state index contributed by atoms with van der Waals surface area (Å²) in [4.78, 5) is 15.0. The van der Waals surface area contributed by atoms with Crippen molar-refractivity contribution in [1.29, 1.82) is 0 Å². The van der Waals surface area contributed by atoms with Gasteiger partial charge in [-0.05, 0) is 37.1 Å². The second-order valence-electron chi connectivity index (χ2n) is 6.22. The molecule has 120 valence electrons. The highest BCUT2D eigenvalue weighted by Crippen LogP contribution is 2.36. The van der Waals surface area contributed by atoms with E-state index in [2.05, 4.69) is 26.1 Å². The van der Waals surface area contributed by atoms with Gasteiger partial charge in [0.2, 0.25) is 0 Å². The van der Waals surface area contributed by atoms with Gasteiger partial charge in [0.1, 0.15) is 0 Å². The van der Waals surface area contributed by atoms with Crippen LogP contribution in [0.3, 0.4) is 0 Å². The van der Waals surface area contributed by atoms with Crippen LogP contribution in [0.25, 0.3) is 0 Å². The van der Waals surface area contributed by atoms with Gasteiger partial charge in [-0.25, -0.2) is 0 Å². The Morgan fingerprint density at radius 2 is 1.82 bits per heavy atom. The molecule has 0 bridgehead atoms. The van der Waals surface area contributed by atoms with E-state index in [0.717, 1.165) is 16.6 Å². The van der Waals surface area contributed by atoms with Crippen LogP contribution in [0.15, 0.2) is 28.7 Å². The topological polar surface area (TPSA) is 32.3 Å². The molecule has 1 aromatic carbocycles. The van der Waals surface area contributed by atoms with Gasteiger partial charge in [-0.3, -0.25) is 9.69 Å². The molecule has 2 aliphatic rings. The van der Waals surface area contributed by atoms with E-state index in [1.807, 2.05) is 36.0 Å². The number of carbonyl (C=O) groups excluding carboxylic acids is 1. The molecule has 1 saturated heterocycles. The van der Waals surface area contributed by atoms with Crippen LogP contribution in [0.2, 0.25) is 0 Å². The normalized spacial score (nSPS) is 21.7. The van der Waals surface area contributed by atoms with Crippen molar-refractivity contribution in [3.63, 3.8) is 0 Å². The molecule has 0 radical (unpaired) electrons. The van der Waals surface area contributed by atoms with Gasteiger partial charge in [-0.1, -0.05) is 28.8 Å². The highest BCUT2D eigenvalue weighted by Gasteiger charge is 2.40. The van der Waals surface area contributed by atoms with E-state index in [-0.39, 0.29) is 11.4 Å². The van der Waals surface area contributed by atoms with Crippen LogP contribution >= 0.6 is 27.7 Å². The third-order valence-corrected chi connectivity index (χ3v) is 6.37. The molecule has 0 aromatic heterocycles. The zero-order valence-corrected chi connectivity index (χ0v) is 15.2. The summed E-state index contributed by atoms with van der Waals surface area (Å²) in [7, 11) is 0. The molecule has 0 spiro atoms. The predicted molar refractivity (Wildman–Crippen MR) is 96.6 cm³/mol. The predicted octanol–water partition coefficient (Wildman–Crippen LogP) is 3.54. The highest BCUT2D eigenvalue weighted by molar-refractivity contribution is 9.10. The smallest absolute Gasteiger partial charge is 0.251 e. The zero-order valence-electron chi connectivity index (χ0n) is 12.8. The Hall–Kier alpha value is -0.520. The standard InChI is InChI=1S/C17H23BrN2OS/c18-15-5-3-14(4-6-15)16(21)19-13-17(7-1-2-8-17)20-9-11-22-12-10-20/h3-6H,1-2,7-13H2,(H,19,21). The molecule has 5 heteroatoms. The van der Waals surface area contributed by atoms with Crippen molar-refractivity contribution in [2.24, 2.45) is 0 Å². The van der Waals surface area contributed by atoms with Crippen molar-refractivity contribution in [2.75, 3.05) is 31.1 Å². The molecule has 1 aromatic rings. The second kappa shape index (κ2) is 7.37. The number of thioether (sulfide) groups is 1. The lowest BCUT2D eigenvalue weighted by Crippen LogP contribution is -2.56. The van der Waals surface area contributed by atoms with Crippen molar-refractivity contribution >= 4 is 33.6 Å². The monoisotopic (exact) mass is 382 g/mol. The molecule has 3 rings (SSSR count). The molecule has 2 fully saturated rings. The summed E-state index contributed by atoms with van der Waals surface area (Å²) in [5, 5.41) is 3.20. The Kier molecular flexibility index (Phi) is 5.47. The summed E-state index contributed by atoms with van der Waals surface area (Å²) < 4.78 is 1.00. The number of rotatable bonds is 4. The fraction of sp³-hybridized carbons (Fsp3) is 0.588. The van der Waals surface area contributed by atoms with E-state index in [9.17, 15) is 4.79 Å². The first kappa shape index (κ1) is 16.3. The average molecular weight is 383 g/mol. The molecule has 22 heavy (non-hydrogen) atoms. The molecule has 1 aliphatic heterocycles. The van der Waals surface area contributed by atoms with Crippen molar-refractivity contribution in [3.05, 3.63) is 34.3 Å². The maximum absolute atomic E-state index is 12.4. The minimum absolute atomic E-state index is 0.0464. The summed E-state index contributed by atoms with van der Waals surface area (Å²) in [6.07, 6.45) is 5.02. The molecule has 0 unspecified atom stereocenters. The average Bonchev–Trinajstić information content (AvgIpc) is 3.04. The molecule has 1 N–H and O–H groups in total. The van der Waals surface area contributed by atoms with E-state index in [4.69, 9.17) is 0 Å². The summed E-state index contributed by atoms with van der Waals surface area (Å²) in [5.41, 5.74) is 0.942. The first-order valence-electron chi connectivity index (χ1n) is 8.06. The number of hydrogen-bond acceptors (Lipinski definition) is 3. The number of hydrogen-bond donors (Lipinski definition) is 1. The largest absolute Gasteiger partial charge is 0.350 e. The van der Waals surface area contributed by atoms with Gasteiger partial charge in [-0.15, -0.1) is 0 Å². The second-order valence-corrected chi connectivity index (χ2v) is 8.36. The lowest BCUT2D eigenvalue weighted by atomic mass is 9.94. The first-order valence-corrected chi connectivity index (χ1v) is 10.0. The van der Waals surface area contributed by atoms with Crippen LogP contribution in [0.4, 0.5) is 0 Å². The van der Waals surface area contributed by atoms with Gasteiger partial charge >= 0.3 is 0 Å². The molecular weight excluding hydrogens is 360 g/mol. The molecule has 1 aliphatic carbocycles. The maximum Gasteiger partial charge on any atom is 0.251 e. The fourth-order valence-corrected chi connectivity index (χ4v) is 4.79. The first-order chi connectivity index (χ1) is 10.7. The van der Waals surface area contributed by atoms with E-state index in [0.29, 0.717) is 0 Å². The van der Waals surface area contributed by atoms with Crippen LogP contribution in [-0.4, -0.2) is 47.5 Å². The van der Waals surface area contributed by atoms with Crippen molar-refractivity contribution in [2.45, 2.75) is 31.2 Å². The summed E-state index contributed by atoms with van der Waals surface area (Å²) >= 11 is 5.45. The number of amides is 1. The van der Waals surface area contributed by atoms with Crippen molar-refractivity contribution < 1.29 is 4.79 Å². The van der Waals surface area contributed by atoms with Gasteiger partial charge in [0.15, 0.2) is 0 Å². The number of nitrogens with zero attached hydrogens (tertiary/aromatic N) is 1. The summed E-state index contributed by atoms with van der Waals surface area (Å²) in [6, 6.07) is 7.58. The summed E-state index contributed by atoms with van der Waals surface area (Å²) in [5.74, 6) is 2.50. The third-order valence-electron chi connectivity index (χ3n) is 4.90. The fourth-order valence-electron chi connectivity index (χ4n) is 3.62. The maximum atomic E-state index is 12.4. The van der Waals surface area contributed by atoms with Gasteiger partial charge in [0, 0.05) is 46.7 Å². The molecule has 0 atom stereocenters. The Morgan fingerprint density at radius 1 is 1.18 bits per heavy atom. The zero-order chi connectivity index (χ0) is 15.4. The van der Waals surface area contributed by atoms with Crippen LogP contribution in [0.5, 0.6) is 0 Å². The Balaban J connectivity index is 1.64. The minimum Gasteiger partial charge on any atom is -0.350 e. The lowest BCUT2D eigenvalue weighted by molar-refractivity contribution is 0.0817. The molecular formula is C17H23BrN2OS. The number of carbonyl (C=O) groups is 1. The Morgan fingerprint density at radius 3 is 2.45 bits per heavy atom. The molecule has 1 saturated carbocycles. The van der Waals surface area contributed by atoms with Crippen LogP contribution in [0, 0.1) is 0 Å².